The van der Waals surface area contributed by atoms with Crippen molar-refractivity contribution in [3.05, 3.63) is 52.5 Å². The summed E-state index contributed by atoms with van der Waals surface area (Å²) in [6.45, 7) is 4.17. The zero-order valence-electron chi connectivity index (χ0n) is 15.9. The second-order valence-corrected chi connectivity index (χ2v) is 7.91. The average molecular weight is 463 g/mol. The van der Waals surface area contributed by atoms with E-state index in [0.29, 0.717) is 11.3 Å². The molecule has 0 unspecified atom stereocenters. The zero-order chi connectivity index (χ0) is 20.1. The molecule has 148 valence electrons. The number of thiocarbonyl (C=S) groups is 1. The number of nitrogens with zero attached hydrogens (tertiary/aromatic N) is 2. The van der Waals surface area contributed by atoms with Crippen molar-refractivity contribution in [3.8, 4) is 5.75 Å². The normalized spacial score (nSPS) is 14.5. The van der Waals surface area contributed by atoms with Crippen molar-refractivity contribution < 1.29 is 9.53 Å². The maximum Gasteiger partial charge on any atom is 0.261 e. The van der Waals surface area contributed by atoms with Gasteiger partial charge in [0.1, 0.15) is 5.75 Å². The van der Waals surface area contributed by atoms with Gasteiger partial charge in [0, 0.05) is 42.0 Å². The van der Waals surface area contributed by atoms with Gasteiger partial charge in [-0.25, -0.2) is 0 Å². The lowest BCUT2D eigenvalue weighted by Gasteiger charge is -2.34. The Bertz CT molecular complexity index is 852. The average Bonchev–Trinajstić information content (AvgIpc) is 2.69. The monoisotopic (exact) mass is 462 g/mol. The zero-order valence-corrected chi connectivity index (χ0v) is 18.3. The minimum atomic E-state index is -0.329. The molecule has 28 heavy (non-hydrogen) atoms. The van der Waals surface area contributed by atoms with Gasteiger partial charge in [-0.05, 0) is 61.7 Å². The molecule has 1 fully saturated rings. The fraction of sp³-hybridized carbons (Fsp3) is 0.300. The quantitative estimate of drug-likeness (QED) is 0.679. The summed E-state index contributed by atoms with van der Waals surface area (Å²) in [5, 5.41) is 5.98. The first-order valence-electron chi connectivity index (χ1n) is 8.95. The van der Waals surface area contributed by atoms with Gasteiger partial charge in [-0.2, -0.15) is 0 Å². The fourth-order valence-corrected chi connectivity index (χ4v) is 3.58. The van der Waals surface area contributed by atoms with Crippen molar-refractivity contribution in [2.75, 3.05) is 50.6 Å². The molecule has 0 aromatic heterocycles. The number of likely N-dealkylation sites (N-methyl/N-ethyl adjacent to an activating group) is 1. The van der Waals surface area contributed by atoms with Gasteiger partial charge in [-0.1, -0.05) is 15.9 Å². The van der Waals surface area contributed by atoms with Crippen LogP contribution in [0.15, 0.2) is 46.9 Å². The molecule has 0 bridgehead atoms. The third-order valence-electron chi connectivity index (χ3n) is 4.63. The van der Waals surface area contributed by atoms with Gasteiger partial charge in [0.2, 0.25) is 0 Å². The minimum Gasteiger partial charge on any atom is -0.496 e. The molecule has 6 nitrogen and oxygen atoms in total. The molecule has 1 aliphatic heterocycles. The molecule has 0 aliphatic carbocycles. The third-order valence-corrected chi connectivity index (χ3v) is 5.32. The van der Waals surface area contributed by atoms with Crippen LogP contribution in [0, 0.1) is 0 Å². The van der Waals surface area contributed by atoms with E-state index in [1.165, 1.54) is 12.8 Å². The first-order valence-corrected chi connectivity index (χ1v) is 10.2. The summed E-state index contributed by atoms with van der Waals surface area (Å²) in [4.78, 5) is 17.2. The summed E-state index contributed by atoms with van der Waals surface area (Å²) in [6, 6.07) is 13.3. The Kier molecular flexibility index (Phi) is 6.88. The van der Waals surface area contributed by atoms with Crippen LogP contribution >= 0.6 is 28.1 Å². The number of benzene rings is 2. The van der Waals surface area contributed by atoms with Crippen molar-refractivity contribution in [2.45, 2.75) is 0 Å². The van der Waals surface area contributed by atoms with Crippen LogP contribution < -0.4 is 20.3 Å². The highest BCUT2D eigenvalue weighted by molar-refractivity contribution is 9.10. The van der Waals surface area contributed by atoms with E-state index in [2.05, 4.69) is 55.5 Å². The molecule has 2 N–H and O–H groups in total. The van der Waals surface area contributed by atoms with Crippen LogP contribution in [0.1, 0.15) is 10.4 Å². The number of piperazine rings is 1. The van der Waals surface area contributed by atoms with E-state index in [9.17, 15) is 4.79 Å². The predicted molar refractivity (Wildman–Crippen MR) is 121 cm³/mol. The summed E-state index contributed by atoms with van der Waals surface area (Å²) in [5.74, 6) is 0.157. The minimum absolute atomic E-state index is 0.236. The molecule has 8 heteroatoms. The third kappa shape index (κ3) is 5.21. The molecule has 1 saturated heterocycles. The van der Waals surface area contributed by atoms with Gasteiger partial charge < -0.3 is 19.9 Å². The number of anilines is 2. The highest BCUT2D eigenvalue weighted by Gasteiger charge is 2.15. The number of amides is 1. The van der Waals surface area contributed by atoms with Crippen molar-refractivity contribution in [3.63, 3.8) is 0 Å². The first-order chi connectivity index (χ1) is 13.5. The fourth-order valence-electron chi connectivity index (χ4n) is 3.01. The lowest BCUT2D eigenvalue weighted by Crippen LogP contribution is -2.44. The van der Waals surface area contributed by atoms with E-state index >= 15 is 0 Å². The molecule has 1 heterocycles. The SMILES string of the molecule is COc1ccc(Br)cc1C(=O)NC(=S)Nc1ccc(N2CCN(C)CC2)cc1. The van der Waals surface area contributed by atoms with Crippen LogP contribution in [-0.2, 0) is 0 Å². The van der Waals surface area contributed by atoms with E-state index in [-0.39, 0.29) is 11.0 Å². The Morgan fingerprint density at radius 3 is 2.43 bits per heavy atom. The second kappa shape index (κ2) is 9.36. The van der Waals surface area contributed by atoms with E-state index in [1.807, 2.05) is 18.2 Å². The molecule has 1 aliphatic rings. The number of methoxy groups -OCH3 is 1. The van der Waals surface area contributed by atoms with E-state index in [4.69, 9.17) is 17.0 Å². The summed E-state index contributed by atoms with van der Waals surface area (Å²) < 4.78 is 6.03. The number of ether oxygens (including phenoxy) is 1. The predicted octanol–water partition coefficient (Wildman–Crippen LogP) is 3.34. The Morgan fingerprint density at radius 2 is 1.79 bits per heavy atom. The molecule has 1 amide bonds. The Labute approximate surface area is 179 Å². The van der Waals surface area contributed by atoms with Crippen molar-refractivity contribution >= 4 is 50.5 Å². The summed E-state index contributed by atoms with van der Waals surface area (Å²) in [5.41, 5.74) is 2.42. The molecule has 0 spiro atoms. The molecule has 2 aromatic rings. The number of hydrogen-bond donors (Lipinski definition) is 2. The van der Waals surface area contributed by atoms with Crippen LogP contribution in [0.25, 0.3) is 0 Å². The van der Waals surface area contributed by atoms with E-state index in [0.717, 1.165) is 36.3 Å². The van der Waals surface area contributed by atoms with Crippen molar-refractivity contribution in [2.24, 2.45) is 0 Å². The van der Waals surface area contributed by atoms with Gasteiger partial charge in [0.05, 0.1) is 12.7 Å². The molecule has 0 atom stereocenters. The number of rotatable bonds is 4. The number of nitrogens with one attached hydrogen (secondary N) is 2. The number of halogens is 1. The number of hydrogen-bond acceptors (Lipinski definition) is 5. The number of carbonyl (C=O) groups is 1. The Hall–Kier alpha value is -2.16. The largest absolute Gasteiger partial charge is 0.496 e. The van der Waals surface area contributed by atoms with Crippen LogP contribution in [-0.4, -0.2) is 56.3 Å². The Morgan fingerprint density at radius 1 is 1.11 bits per heavy atom. The summed E-state index contributed by atoms with van der Waals surface area (Å²) in [7, 11) is 3.67. The summed E-state index contributed by atoms with van der Waals surface area (Å²) >= 11 is 8.65. The van der Waals surface area contributed by atoms with Gasteiger partial charge >= 0.3 is 0 Å². The molecular formula is C20H23BrN4O2S. The Balaban J connectivity index is 1.59. The summed E-state index contributed by atoms with van der Waals surface area (Å²) in [6.07, 6.45) is 0. The maximum absolute atomic E-state index is 12.5. The van der Waals surface area contributed by atoms with E-state index in [1.54, 1.807) is 12.1 Å². The molecule has 3 rings (SSSR count). The van der Waals surface area contributed by atoms with Crippen LogP contribution in [0.3, 0.4) is 0 Å². The van der Waals surface area contributed by atoms with E-state index < -0.39 is 0 Å². The molecule has 2 aromatic carbocycles. The first kappa shape index (κ1) is 20.6. The lowest BCUT2D eigenvalue weighted by atomic mass is 10.2. The number of carbonyl (C=O) groups excluding carboxylic acids is 1. The molecule has 0 radical (unpaired) electrons. The van der Waals surface area contributed by atoms with Crippen LogP contribution in [0.4, 0.5) is 11.4 Å². The van der Waals surface area contributed by atoms with Gasteiger partial charge in [0.25, 0.3) is 5.91 Å². The van der Waals surface area contributed by atoms with Gasteiger partial charge in [-0.3, -0.25) is 10.1 Å². The molecule has 0 saturated carbocycles. The van der Waals surface area contributed by atoms with Crippen molar-refractivity contribution in [1.29, 1.82) is 0 Å². The smallest absolute Gasteiger partial charge is 0.261 e. The highest BCUT2D eigenvalue weighted by Crippen LogP contribution is 2.23. The van der Waals surface area contributed by atoms with Gasteiger partial charge in [-0.15, -0.1) is 0 Å². The van der Waals surface area contributed by atoms with Gasteiger partial charge in [0.15, 0.2) is 5.11 Å². The van der Waals surface area contributed by atoms with Crippen LogP contribution in [0.5, 0.6) is 5.75 Å². The highest BCUT2D eigenvalue weighted by atomic mass is 79.9. The second-order valence-electron chi connectivity index (χ2n) is 6.59. The topological polar surface area (TPSA) is 56.8 Å². The molecular weight excluding hydrogens is 440 g/mol. The standard InChI is InChI=1S/C20H23BrN4O2S/c1-24-9-11-25(12-10-24)16-6-4-15(5-7-16)22-20(28)23-19(26)17-13-14(21)3-8-18(17)27-2/h3-8,13H,9-12H2,1-2H3,(H2,22,23,26,28). The lowest BCUT2D eigenvalue weighted by molar-refractivity contribution is 0.0974. The van der Waals surface area contributed by atoms with Crippen molar-refractivity contribution in [1.82, 2.24) is 10.2 Å². The van der Waals surface area contributed by atoms with Crippen LogP contribution in [0.2, 0.25) is 0 Å². The maximum atomic E-state index is 12.5.